The second-order valence-electron chi connectivity index (χ2n) is 13.6. The summed E-state index contributed by atoms with van der Waals surface area (Å²) in [4.78, 5) is 25.9. The van der Waals surface area contributed by atoms with Crippen molar-refractivity contribution in [2.45, 2.75) is 89.5 Å². The largest absolute Gasteiger partial charge is 0.506 e. The highest BCUT2D eigenvalue weighted by atomic mass is 16.7. The lowest BCUT2D eigenvalue weighted by atomic mass is 9.79. The van der Waals surface area contributed by atoms with E-state index >= 15 is 0 Å². The van der Waals surface area contributed by atoms with Crippen LogP contribution in [0.4, 0.5) is 0 Å². The van der Waals surface area contributed by atoms with E-state index in [1.165, 1.54) is 11.6 Å². The van der Waals surface area contributed by atoms with Crippen LogP contribution in [0.5, 0.6) is 11.5 Å². The van der Waals surface area contributed by atoms with Gasteiger partial charge in [-0.3, -0.25) is 4.79 Å². The average Bonchev–Trinajstić information content (AvgIpc) is 3.09. The fourth-order valence-corrected chi connectivity index (χ4v) is 6.78. The minimum Gasteiger partial charge on any atom is -0.506 e. The van der Waals surface area contributed by atoms with Crippen LogP contribution in [0.1, 0.15) is 76.1 Å². The van der Waals surface area contributed by atoms with E-state index in [0.717, 1.165) is 30.0 Å². The van der Waals surface area contributed by atoms with Gasteiger partial charge in [-0.2, -0.15) is 0 Å². The Morgan fingerprint density at radius 3 is 2.24 bits per heavy atom. The SMILES string of the molecule is Cc1cc2cc(C(=O)O)cc(O[C@H]3O[C@H](CO)[C@](O)(CCC(C)C)[C@H](O)[C@H]3O)c2c(O)c1C(=O)CCc1ccccc1CCc1ccccc1. The van der Waals surface area contributed by atoms with Gasteiger partial charge in [0.2, 0.25) is 6.29 Å². The van der Waals surface area contributed by atoms with Gasteiger partial charge in [0.1, 0.15) is 35.4 Å². The maximum atomic E-state index is 13.8. The molecule has 0 saturated carbocycles. The molecule has 5 atom stereocenters. The summed E-state index contributed by atoms with van der Waals surface area (Å²) in [5, 5.41) is 65.2. The number of aryl methyl sites for hydroxylation is 4. The number of benzene rings is 4. The average molecular weight is 687 g/mol. The molecule has 266 valence electrons. The van der Waals surface area contributed by atoms with Crippen molar-refractivity contribution in [3.05, 3.63) is 106 Å². The van der Waals surface area contributed by atoms with Gasteiger partial charge in [0.25, 0.3) is 0 Å². The summed E-state index contributed by atoms with van der Waals surface area (Å²) in [5.74, 6) is -2.11. The summed E-state index contributed by atoms with van der Waals surface area (Å²) in [6.45, 7) is 4.81. The maximum Gasteiger partial charge on any atom is 0.335 e. The quantitative estimate of drug-likeness (QED) is 0.0976. The summed E-state index contributed by atoms with van der Waals surface area (Å²) in [6, 6.07) is 22.2. The Hall–Kier alpha value is -4.32. The summed E-state index contributed by atoms with van der Waals surface area (Å²) < 4.78 is 11.7. The third-order valence-electron chi connectivity index (χ3n) is 9.67. The molecule has 0 unspecified atom stereocenters. The molecule has 0 bridgehead atoms. The molecule has 1 heterocycles. The number of aromatic hydroxyl groups is 1. The molecule has 0 aromatic heterocycles. The topological polar surface area (TPSA) is 174 Å². The fraction of sp³-hybridized carbons (Fsp3) is 0.400. The standard InChI is InChI=1S/C40H46O10/c1-23(2)17-18-40(48)32(22-41)50-39(36(44)37(40)45)49-31-21-29(38(46)47)20-28-19-24(3)33(35(43)34(28)31)30(42)16-15-27-12-8-7-11-26(27)14-13-25-9-5-4-6-10-25/h4-12,19-21,23,32,36-37,39,41,43-45,48H,13-18,22H2,1-3H3,(H,46,47)/t32-,36-,37-,39+,40-/m1/s1. The van der Waals surface area contributed by atoms with Crippen molar-refractivity contribution in [1.29, 1.82) is 0 Å². The molecule has 6 N–H and O–H groups in total. The third-order valence-corrected chi connectivity index (χ3v) is 9.67. The van der Waals surface area contributed by atoms with E-state index in [1.807, 2.05) is 50.2 Å². The molecule has 4 aromatic rings. The molecule has 0 spiro atoms. The number of carbonyl (C=O) groups is 2. The zero-order valence-electron chi connectivity index (χ0n) is 28.6. The molecule has 1 saturated heterocycles. The third kappa shape index (κ3) is 7.85. The van der Waals surface area contributed by atoms with Crippen LogP contribution in [0, 0.1) is 12.8 Å². The molecule has 1 fully saturated rings. The normalized spacial score (nSPS) is 22.2. The van der Waals surface area contributed by atoms with Crippen LogP contribution in [0.15, 0.2) is 72.8 Å². The Morgan fingerprint density at radius 2 is 1.60 bits per heavy atom. The molecular formula is C40H46O10. The van der Waals surface area contributed by atoms with Crippen molar-refractivity contribution in [1.82, 2.24) is 0 Å². The Balaban J connectivity index is 1.44. The van der Waals surface area contributed by atoms with Crippen LogP contribution in [-0.4, -0.2) is 79.2 Å². The Kier molecular flexibility index (Phi) is 11.6. The Labute approximate surface area is 291 Å². The number of carbonyl (C=O) groups excluding carboxylic acids is 1. The van der Waals surface area contributed by atoms with Gasteiger partial charge in [-0.15, -0.1) is 0 Å². The van der Waals surface area contributed by atoms with Crippen molar-refractivity contribution < 1.29 is 49.7 Å². The number of aliphatic hydroxyl groups is 4. The number of hydrogen-bond acceptors (Lipinski definition) is 9. The predicted octanol–water partition coefficient (Wildman–Crippen LogP) is 5.14. The highest BCUT2D eigenvalue weighted by Crippen LogP contribution is 2.42. The van der Waals surface area contributed by atoms with Crippen molar-refractivity contribution in [2.24, 2.45) is 5.92 Å². The Bertz CT molecular complexity index is 1820. The number of ketones is 1. The van der Waals surface area contributed by atoms with E-state index in [9.17, 15) is 40.2 Å². The summed E-state index contributed by atoms with van der Waals surface area (Å²) in [5.41, 5.74) is 1.68. The predicted molar refractivity (Wildman–Crippen MR) is 188 cm³/mol. The number of phenols is 1. The van der Waals surface area contributed by atoms with Gasteiger partial charge >= 0.3 is 5.97 Å². The number of rotatable bonds is 14. The Morgan fingerprint density at radius 1 is 0.940 bits per heavy atom. The van der Waals surface area contributed by atoms with Crippen molar-refractivity contribution in [3.63, 3.8) is 0 Å². The van der Waals surface area contributed by atoms with Gasteiger partial charge in [-0.25, -0.2) is 4.79 Å². The molecule has 4 aromatic carbocycles. The van der Waals surface area contributed by atoms with Gasteiger partial charge in [-0.1, -0.05) is 74.5 Å². The van der Waals surface area contributed by atoms with Crippen molar-refractivity contribution >= 4 is 22.5 Å². The number of ether oxygens (including phenoxy) is 2. The minimum absolute atomic E-state index is 0.0127. The maximum absolute atomic E-state index is 13.8. The second-order valence-corrected chi connectivity index (χ2v) is 13.6. The number of aromatic carboxylic acids is 1. The fourth-order valence-electron chi connectivity index (χ4n) is 6.78. The van der Waals surface area contributed by atoms with Crippen LogP contribution in [0.25, 0.3) is 10.8 Å². The number of phenolic OH excluding ortho intramolecular Hbond substituents is 1. The molecule has 0 amide bonds. The van der Waals surface area contributed by atoms with Gasteiger partial charge in [0.05, 0.1) is 23.1 Å². The first-order chi connectivity index (χ1) is 23.8. The number of aliphatic hydroxyl groups excluding tert-OH is 3. The van der Waals surface area contributed by atoms with E-state index in [2.05, 4.69) is 18.2 Å². The molecule has 50 heavy (non-hydrogen) atoms. The molecule has 0 aliphatic carbocycles. The number of hydrogen-bond donors (Lipinski definition) is 6. The van der Waals surface area contributed by atoms with E-state index in [-0.39, 0.29) is 52.2 Å². The highest BCUT2D eigenvalue weighted by molar-refractivity contribution is 6.09. The van der Waals surface area contributed by atoms with Crippen LogP contribution in [0.2, 0.25) is 0 Å². The lowest BCUT2D eigenvalue weighted by molar-refractivity contribution is -0.315. The van der Waals surface area contributed by atoms with Crippen LogP contribution in [-0.2, 0) is 24.0 Å². The minimum atomic E-state index is -1.98. The van der Waals surface area contributed by atoms with Crippen molar-refractivity contribution in [2.75, 3.05) is 6.61 Å². The number of fused-ring (bicyclic) bond motifs is 1. The lowest BCUT2D eigenvalue weighted by Crippen LogP contribution is -2.67. The van der Waals surface area contributed by atoms with Crippen LogP contribution < -0.4 is 4.74 Å². The van der Waals surface area contributed by atoms with Crippen LogP contribution in [0.3, 0.4) is 0 Å². The first kappa shape index (κ1) is 36.9. The molecule has 1 aliphatic rings. The summed E-state index contributed by atoms with van der Waals surface area (Å²) >= 11 is 0. The van der Waals surface area contributed by atoms with Crippen LogP contribution >= 0.6 is 0 Å². The summed E-state index contributed by atoms with van der Waals surface area (Å²) in [7, 11) is 0. The molecule has 0 radical (unpaired) electrons. The van der Waals surface area contributed by atoms with Crippen molar-refractivity contribution in [3.8, 4) is 11.5 Å². The zero-order chi connectivity index (χ0) is 36.2. The molecule has 1 aliphatic heterocycles. The molecule has 10 nitrogen and oxygen atoms in total. The molecule has 10 heteroatoms. The zero-order valence-corrected chi connectivity index (χ0v) is 28.6. The molecule has 5 rings (SSSR count). The van der Waals surface area contributed by atoms with Gasteiger partial charge in [0.15, 0.2) is 5.78 Å². The van der Waals surface area contributed by atoms with E-state index < -0.39 is 48.5 Å². The summed E-state index contributed by atoms with van der Waals surface area (Å²) in [6.07, 6.45) is -3.92. The molecular weight excluding hydrogens is 640 g/mol. The monoisotopic (exact) mass is 686 g/mol. The van der Waals surface area contributed by atoms with Gasteiger partial charge in [-0.05, 0) is 84.7 Å². The highest BCUT2D eigenvalue weighted by Gasteiger charge is 2.55. The van der Waals surface area contributed by atoms with E-state index in [0.29, 0.717) is 18.4 Å². The number of Topliss-reactive ketones (excluding diaryl/α,β-unsaturated/α-hetero) is 1. The van der Waals surface area contributed by atoms with Gasteiger partial charge in [0, 0.05) is 6.42 Å². The number of carboxylic acid groups (broad SMARTS) is 1. The second kappa shape index (κ2) is 15.7. The number of carboxylic acids is 1. The first-order valence-electron chi connectivity index (χ1n) is 17.0. The lowest BCUT2D eigenvalue weighted by Gasteiger charge is -2.48. The van der Waals surface area contributed by atoms with E-state index in [1.54, 1.807) is 13.0 Å². The van der Waals surface area contributed by atoms with E-state index in [4.69, 9.17) is 9.47 Å². The van der Waals surface area contributed by atoms with Gasteiger partial charge < -0.3 is 40.1 Å². The first-order valence-corrected chi connectivity index (χ1v) is 17.0. The smallest absolute Gasteiger partial charge is 0.335 e.